The van der Waals surface area contributed by atoms with Gasteiger partial charge in [-0.2, -0.15) is 0 Å². The predicted octanol–water partition coefficient (Wildman–Crippen LogP) is 2.52. The predicted molar refractivity (Wildman–Crippen MR) is 92.7 cm³/mol. The number of likely N-dealkylation sites (tertiary alicyclic amines) is 1. The van der Waals surface area contributed by atoms with Crippen molar-refractivity contribution in [3.63, 3.8) is 0 Å². The smallest absolute Gasteiger partial charge is 0.276 e. The lowest BCUT2D eigenvalue weighted by atomic mass is 10.0. The van der Waals surface area contributed by atoms with Gasteiger partial charge >= 0.3 is 0 Å². The molecule has 1 atom stereocenters. The number of pyridine rings is 1. The fourth-order valence-corrected chi connectivity index (χ4v) is 3.23. The largest absolute Gasteiger partial charge is 0.505 e. The van der Waals surface area contributed by atoms with Crippen LogP contribution >= 0.6 is 0 Å². The third-order valence-corrected chi connectivity index (χ3v) is 4.59. The summed E-state index contributed by atoms with van der Waals surface area (Å²) < 4.78 is 0. The average molecular weight is 325 g/mol. The van der Waals surface area contributed by atoms with E-state index in [-0.39, 0.29) is 23.4 Å². The molecule has 1 amide bonds. The molecule has 2 aromatic rings. The van der Waals surface area contributed by atoms with Crippen molar-refractivity contribution in [1.82, 2.24) is 14.8 Å². The maximum atomic E-state index is 12.6. The van der Waals surface area contributed by atoms with Gasteiger partial charge in [-0.1, -0.05) is 30.3 Å². The van der Waals surface area contributed by atoms with Crippen LogP contribution in [0.5, 0.6) is 5.75 Å². The van der Waals surface area contributed by atoms with Gasteiger partial charge in [0.1, 0.15) is 5.75 Å². The zero-order chi connectivity index (χ0) is 16.9. The van der Waals surface area contributed by atoms with Crippen LogP contribution in [0.2, 0.25) is 0 Å². The van der Waals surface area contributed by atoms with Crippen LogP contribution in [0, 0.1) is 0 Å². The summed E-state index contributed by atoms with van der Waals surface area (Å²) in [4.78, 5) is 20.7. The van der Waals surface area contributed by atoms with Crippen LogP contribution in [0.4, 0.5) is 0 Å². The van der Waals surface area contributed by atoms with Crippen molar-refractivity contribution in [3.05, 3.63) is 59.9 Å². The summed E-state index contributed by atoms with van der Waals surface area (Å²) in [5, 5.41) is 9.85. The number of hydrogen-bond donors (Lipinski definition) is 1. The molecule has 1 N–H and O–H groups in total. The van der Waals surface area contributed by atoms with Gasteiger partial charge in [0.15, 0.2) is 5.69 Å². The van der Waals surface area contributed by atoms with Crippen LogP contribution < -0.4 is 0 Å². The lowest BCUT2D eigenvalue weighted by Gasteiger charge is -2.37. The van der Waals surface area contributed by atoms with Gasteiger partial charge in [0.2, 0.25) is 0 Å². The van der Waals surface area contributed by atoms with Gasteiger partial charge in [-0.05, 0) is 37.1 Å². The van der Waals surface area contributed by atoms with E-state index < -0.39 is 0 Å². The number of amides is 1. The number of carbonyl (C=O) groups is 1. The number of aromatic hydroxyl groups is 1. The van der Waals surface area contributed by atoms with Crippen molar-refractivity contribution in [3.8, 4) is 5.75 Å². The summed E-state index contributed by atoms with van der Waals surface area (Å²) in [6.45, 7) is 2.78. The summed E-state index contributed by atoms with van der Waals surface area (Å²) in [6, 6.07) is 13.6. The molecule has 0 saturated carbocycles. The van der Waals surface area contributed by atoms with E-state index in [1.165, 1.54) is 17.8 Å². The number of carbonyl (C=O) groups excluding carboxylic acids is 1. The molecule has 126 valence electrons. The third-order valence-electron chi connectivity index (χ3n) is 4.59. The standard InChI is InChI=1S/C19H23N3O2/c1-21(19(24)18-17(23)10-5-11-20-18)16-9-6-12-22(14-16)13-15-7-3-2-4-8-15/h2-5,7-8,10-11,16,23H,6,9,12-14H2,1H3/t16-/m0/s1. The van der Waals surface area contributed by atoms with Gasteiger partial charge in [0, 0.05) is 32.4 Å². The minimum atomic E-state index is -0.223. The average Bonchev–Trinajstić information content (AvgIpc) is 2.62. The van der Waals surface area contributed by atoms with Gasteiger partial charge in [-0.3, -0.25) is 9.69 Å². The molecule has 1 aliphatic rings. The molecule has 1 aromatic carbocycles. The minimum absolute atomic E-state index is 0.0636. The highest BCUT2D eigenvalue weighted by Crippen LogP contribution is 2.21. The number of likely N-dealkylation sites (N-methyl/N-ethyl adjacent to an activating group) is 1. The van der Waals surface area contributed by atoms with Crippen LogP contribution in [-0.4, -0.2) is 52.0 Å². The molecule has 5 nitrogen and oxygen atoms in total. The first-order chi connectivity index (χ1) is 11.6. The van der Waals surface area contributed by atoms with Crippen LogP contribution in [0.25, 0.3) is 0 Å². The van der Waals surface area contributed by atoms with E-state index in [1.807, 2.05) is 6.07 Å². The molecule has 0 radical (unpaired) electrons. The van der Waals surface area contributed by atoms with Crippen molar-refractivity contribution >= 4 is 5.91 Å². The summed E-state index contributed by atoms with van der Waals surface area (Å²) in [5.41, 5.74) is 1.41. The number of nitrogens with zero attached hydrogens (tertiary/aromatic N) is 3. The van der Waals surface area contributed by atoms with E-state index in [2.05, 4.69) is 34.1 Å². The molecular formula is C19H23N3O2. The van der Waals surface area contributed by atoms with Gasteiger partial charge in [0.25, 0.3) is 5.91 Å². The summed E-state index contributed by atoms with van der Waals surface area (Å²) in [7, 11) is 1.80. The monoisotopic (exact) mass is 325 g/mol. The number of benzene rings is 1. The van der Waals surface area contributed by atoms with Gasteiger partial charge in [0.05, 0.1) is 0 Å². The van der Waals surface area contributed by atoms with E-state index in [9.17, 15) is 9.90 Å². The van der Waals surface area contributed by atoms with Gasteiger partial charge < -0.3 is 10.0 Å². The first-order valence-corrected chi connectivity index (χ1v) is 8.32. The van der Waals surface area contributed by atoms with E-state index >= 15 is 0 Å². The molecule has 0 spiro atoms. The maximum absolute atomic E-state index is 12.6. The number of piperidine rings is 1. The molecule has 1 fully saturated rings. The van der Waals surface area contributed by atoms with Crippen molar-refractivity contribution in [1.29, 1.82) is 0 Å². The topological polar surface area (TPSA) is 56.7 Å². The Morgan fingerprint density at radius 2 is 2.08 bits per heavy atom. The van der Waals surface area contributed by atoms with Gasteiger partial charge in [-0.25, -0.2) is 4.98 Å². The van der Waals surface area contributed by atoms with Crippen LogP contribution in [0.3, 0.4) is 0 Å². The molecule has 24 heavy (non-hydrogen) atoms. The maximum Gasteiger partial charge on any atom is 0.276 e. The number of hydrogen-bond acceptors (Lipinski definition) is 4. The molecule has 2 heterocycles. The molecule has 0 bridgehead atoms. The number of aromatic nitrogens is 1. The fraction of sp³-hybridized carbons (Fsp3) is 0.368. The molecule has 0 unspecified atom stereocenters. The second kappa shape index (κ2) is 7.45. The molecule has 5 heteroatoms. The highest BCUT2D eigenvalue weighted by atomic mass is 16.3. The third kappa shape index (κ3) is 3.74. The summed E-state index contributed by atoms with van der Waals surface area (Å²) in [5.74, 6) is -0.286. The SMILES string of the molecule is CN(C(=O)c1ncccc1O)[C@H]1CCCN(Cc2ccccc2)C1. The van der Waals surface area contributed by atoms with Gasteiger partial charge in [-0.15, -0.1) is 0 Å². The zero-order valence-electron chi connectivity index (χ0n) is 13.9. The highest BCUT2D eigenvalue weighted by Gasteiger charge is 2.28. The molecule has 0 aliphatic carbocycles. The molecule has 3 rings (SSSR count). The second-order valence-corrected chi connectivity index (χ2v) is 6.30. The normalized spacial score (nSPS) is 18.3. The Morgan fingerprint density at radius 1 is 1.29 bits per heavy atom. The summed E-state index contributed by atoms with van der Waals surface area (Å²) >= 11 is 0. The lowest BCUT2D eigenvalue weighted by molar-refractivity contribution is 0.0600. The molecule has 1 aromatic heterocycles. The van der Waals surface area contributed by atoms with Crippen molar-refractivity contribution in [2.75, 3.05) is 20.1 Å². The molecule has 1 aliphatic heterocycles. The Hall–Kier alpha value is -2.40. The first kappa shape index (κ1) is 16.5. The first-order valence-electron chi connectivity index (χ1n) is 8.32. The van der Waals surface area contributed by atoms with Crippen LogP contribution in [0.15, 0.2) is 48.7 Å². The molecular weight excluding hydrogens is 302 g/mol. The van der Waals surface area contributed by atoms with E-state index in [0.29, 0.717) is 0 Å². The van der Waals surface area contributed by atoms with E-state index in [1.54, 1.807) is 18.0 Å². The van der Waals surface area contributed by atoms with Crippen molar-refractivity contribution < 1.29 is 9.90 Å². The Bertz CT molecular complexity index is 690. The van der Waals surface area contributed by atoms with Crippen molar-refractivity contribution in [2.24, 2.45) is 0 Å². The Labute approximate surface area is 142 Å². The lowest BCUT2D eigenvalue weighted by Crippen LogP contribution is -2.48. The Balaban J connectivity index is 1.65. The van der Waals surface area contributed by atoms with Crippen LogP contribution in [0.1, 0.15) is 28.9 Å². The summed E-state index contributed by atoms with van der Waals surface area (Å²) in [6.07, 6.45) is 3.56. The quantitative estimate of drug-likeness (QED) is 0.938. The fourth-order valence-electron chi connectivity index (χ4n) is 3.23. The Morgan fingerprint density at radius 3 is 2.83 bits per heavy atom. The number of rotatable bonds is 4. The van der Waals surface area contributed by atoms with Crippen LogP contribution in [-0.2, 0) is 6.54 Å². The second-order valence-electron chi connectivity index (χ2n) is 6.30. The van der Waals surface area contributed by atoms with Crippen molar-refractivity contribution in [2.45, 2.75) is 25.4 Å². The van der Waals surface area contributed by atoms with E-state index in [0.717, 1.165) is 32.5 Å². The highest BCUT2D eigenvalue weighted by molar-refractivity contribution is 5.94. The Kier molecular flexibility index (Phi) is 5.11. The minimum Gasteiger partial charge on any atom is -0.505 e. The van der Waals surface area contributed by atoms with E-state index in [4.69, 9.17) is 0 Å². The molecule has 1 saturated heterocycles. The zero-order valence-corrected chi connectivity index (χ0v) is 13.9.